The van der Waals surface area contributed by atoms with Gasteiger partial charge in [0.2, 0.25) is 5.82 Å². The quantitative estimate of drug-likeness (QED) is 0.427. The Kier molecular flexibility index (Phi) is 3.95. The smallest absolute Gasteiger partial charge is 0.305 e. The number of nitrogens with zero attached hydrogens (tertiary/aromatic N) is 1. The monoisotopic (exact) mass is 326 g/mol. The first-order chi connectivity index (χ1) is 11.5. The van der Waals surface area contributed by atoms with Crippen molar-refractivity contribution < 1.29 is 13.7 Å². The number of nitrogens with two attached hydrogens (primary N) is 1. The maximum atomic E-state index is 14.5. The van der Waals surface area contributed by atoms with Gasteiger partial charge in [-0.15, -0.1) is 0 Å². The van der Waals surface area contributed by atoms with E-state index in [9.17, 15) is 18.9 Å². The zero-order valence-corrected chi connectivity index (χ0v) is 12.4. The van der Waals surface area contributed by atoms with Crippen LogP contribution in [-0.2, 0) is 0 Å². The number of hydrogen-bond acceptors (Lipinski definition) is 3. The Labute approximate surface area is 136 Å². The van der Waals surface area contributed by atoms with Crippen molar-refractivity contribution in [2.45, 2.75) is 0 Å². The Hall–Kier alpha value is -3.28. The summed E-state index contributed by atoms with van der Waals surface area (Å²) in [6.07, 6.45) is 0. The number of rotatable bonds is 3. The third-order valence-electron chi connectivity index (χ3n) is 3.70. The van der Waals surface area contributed by atoms with E-state index in [2.05, 4.69) is 0 Å². The van der Waals surface area contributed by atoms with E-state index in [0.29, 0.717) is 16.7 Å². The van der Waals surface area contributed by atoms with Crippen molar-refractivity contribution in [1.82, 2.24) is 0 Å². The van der Waals surface area contributed by atoms with Gasteiger partial charge in [0, 0.05) is 22.9 Å². The zero-order chi connectivity index (χ0) is 17.3. The second-order valence-electron chi connectivity index (χ2n) is 5.17. The minimum absolute atomic E-state index is 0.0866. The molecule has 0 amide bonds. The van der Waals surface area contributed by atoms with Crippen molar-refractivity contribution in [2.24, 2.45) is 0 Å². The van der Waals surface area contributed by atoms with Crippen LogP contribution in [0.15, 0.2) is 60.7 Å². The summed E-state index contributed by atoms with van der Waals surface area (Å²) in [5, 5.41) is 11.0. The molecule has 0 saturated heterocycles. The van der Waals surface area contributed by atoms with E-state index in [1.165, 1.54) is 30.3 Å². The second-order valence-corrected chi connectivity index (χ2v) is 5.17. The lowest BCUT2D eigenvalue weighted by Crippen LogP contribution is -1.97. The highest BCUT2D eigenvalue weighted by Crippen LogP contribution is 2.38. The first kappa shape index (κ1) is 15.6. The van der Waals surface area contributed by atoms with Crippen LogP contribution in [0.25, 0.3) is 22.3 Å². The number of anilines is 1. The van der Waals surface area contributed by atoms with E-state index in [1.54, 1.807) is 24.3 Å². The molecule has 4 nitrogen and oxygen atoms in total. The van der Waals surface area contributed by atoms with Crippen LogP contribution in [0.3, 0.4) is 0 Å². The van der Waals surface area contributed by atoms with E-state index in [4.69, 9.17) is 5.73 Å². The molecule has 0 aliphatic carbocycles. The molecule has 0 atom stereocenters. The van der Waals surface area contributed by atoms with E-state index >= 15 is 0 Å². The molecule has 6 heteroatoms. The standard InChI is InChI=1S/C18H12F2N2O2/c19-11-8-9-14(16(21)10-11)12-4-1-2-5-13(12)15-6-3-7-17(18(15)20)22(23)24/h1-10H,21H2. The molecule has 3 aromatic rings. The van der Waals surface area contributed by atoms with Gasteiger partial charge in [-0.25, -0.2) is 4.39 Å². The largest absolute Gasteiger partial charge is 0.398 e. The van der Waals surface area contributed by atoms with E-state index in [-0.39, 0.29) is 11.3 Å². The molecule has 0 heterocycles. The van der Waals surface area contributed by atoms with Crippen LogP contribution in [0, 0.1) is 21.7 Å². The summed E-state index contributed by atoms with van der Waals surface area (Å²) in [5.41, 5.74) is 7.09. The zero-order valence-electron chi connectivity index (χ0n) is 12.4. The molecule has 3 rings (SSSR count). The lowest BCUT2D eigenvalue weighted by Gasteiger charge is -2.13. The fourth-order valence-corrected chi connectivity index (χ4v) is 2.60. The van der Waals surface area contributed by atoms with Gasteiger partial charge in [0.25, 0.3) is 0 Å². The number of halogens is 2. The molecule has 0 saturated carbocycles. The Morgan fingerprint density at radius 3 is 2.08 bits per heavy atom. The summed E-state index contributed by atoms with van der Waals surface area (Å²) in [5.74, 6) is -1.40. The maximum Gasteiger partial charge on any atom is 0.305 e. The van der Waals surface area contributed by atoms with Crippen LogP contribution < -0.4 is 5.73 Å². The van der Waals surface area contributed by atoms with Crippen LogP contribution >= 0.6 is 0 Å². The maximum absolute atomic E-state index is 14.5. The van der Waals surface area contributed by atoms with Gasteiger partial charge in [-0.2, -0.15) is 4.39 Å². The Balaban J connectivity index is 2.25. The van der Waals surface area contributed by atoms with E-state index < -0.39 is 22.2 Å². The molecular weight excluding hydrogens is 314 g/mol. The molecule has 120 valence electrons. The van der Waals surface area contributed by atoms with Gasteiger partial charge in [-0.1, -0.05) is 36.4 Å². The number of benzene rings is 3. The highest BCUT2D eigenvalue weighted by molar-refractivity contribution is 5.89. The molecule has 3 aromatic carbocycles. The predicted molar refractivity (Wildman–Crippen MR) is 88.3 cm³/mol. The average molecular weight is 326 g/mol. The number of nitrogen functional groups attached to an aromatic ring is 1. The van der Waals surface area contributed by atoms with Crippen molar-refractivity contribution in [3.63, 3.8) is 0 Å². The fraction of sp³-hybridized carbons (Fsp3) is 0. The van der Waals surface area contributed by atoms with Crippen LogP contribution in [0.1, 0.15) is 0 Å². The molecule has 0 bridgehead atoms. The van der Waals surface area contributed by atoms with Crippen molar-refractivity contribution in [2.75, 3.05) is 5.73 Å². The van der Waals surface area contributed by atoms with Crippen LogP contribution in [0.4, 0.5) is 20.2 Å². The summed E-state index contributed by atoms with van der Waals surface area (Å²) in [6.45, 7) is 0. The Bertz CT molecular complexity index is 942. The number of hydrogen-bond donors (Lipinski definition) is 1. The molecular formula is C18H12F2N2O2. The fourth-order valence-electron chi connectivity index (χ4n) is 2.60. The van der Waals surface area contributed by atoms with Crippen molar-refractivity contribution >= 4 is 11.4 Å². The molecule has 0 aliphatic heterocycles. The van der Waals surface area contributed by atoms with Crippen molar-refractivity contribution in [3.05, 3.63) is 82.4 Å². The minimum atomic E-state index is -0.921. The van der Waals surface area contributed by atoms with Crippen LogP contribution in [0.2, 0.25) is 0 Å². The summed E-state index contributed by atoms with van der Waals surface area (Å²) < 4.78 is 27.8. The highest BCUT2D eigenvalue weighted by atomic mass is 19.1. The van der Waals surface area contributed by atoms with E-state index in [0.717, 1.165) is 6.07 Å². The van der Waals surface area contributed by atoms with Gasteiger partial charge in [0.1, 0.15) is 5.82 Å². The van der Waals surface area contributed by atoms with Crippen molar-refractivity contribution in [1.29, 1.82) is 0 Å². The summed E-state index contributed by atoms with van der Waals surface area (Å²) >= 11 is 0. The summed E-state index contributed by atoms with van der Waals surface area (Å²) in [7, 11) is 0. The molecule has 0 unspecified atom stereocenters. The third-order valence-corrected chi connectivity index (χ3v) is 3.70. The summed E-state index contributed by atoms with van der Waals surface area (Å²) in [6, 6.07) is 14.7. The number of nitro benzene ring substituents is 1. The van der Waals surface area contributed by atoms with Gasteiger partial charge >= 0.3 is 5.69 Å². The summed E-state index contributed by atoms with van der Waals surface area (Å²) in [4.78, 5) is 10.2. The molecule has 2 N–H and O–H groups in total. The lowest BCUT2D eigenvalue weighted by molar-refractivity contribution is -0.387. The molecule has 24 heavy (non-hydrogen) atoms. The normalized spacial score (nSPS) is 10.6. The first-order valence-electron chi connectivity index (χ1n) is 7.06. The molecule has 0 spiro atoms. The predicted octanol–water partition coefficient (Wildman–Crippen LogP) is 4.79. The van der Waals surface area contributed by atoms with Gasteiger partial charge in [0.05, 0.1) is 4.92 Å². The molecule has 0 radical (unpaired) electrons. The topological polar surface area (TPSA) is 69.2 Å². The third kappa shape index (κ3) is 2.69. The van der Waals surface area contributed by atoms with Gasteiger partial charge < -0.3 is 5.73 Å². The minimum Gasteiger partial charge on any atom is -0.398 e. The molecule has 0 aromatic heterocycles. The van der Waals surface area contributed by atoms with E-state index in [1.807, 2.05) is 0 Å². The lowest BCUT2D eigenvalue weighted by atomic mass is 9.93. The molecule has 0 fully saturated rings. The second kappa shape index (κ2) is 6.08. The highest BCUT2D eigenvalue weighted by Gasteiger charge is 2.20. The Morgan fingerprint density at radius 1 is 0.833 bits per heavy atom. The van der Waals surface area contributed by atoms with Crippen molar-refractivity contribution in [3.8, 4) is 22.3 Å². The first-order valence-corrected chi connectivity index (χ1v) is 7.06. The van der Waals surface area contributed by atoms with Crippen LogP contribution in [-0.4, -0.2) is 4.92 Å². The molecule has 0 aliphatic rings. The Morgan fingerprint density at radius 2 is 1.46 bits per heavy atom. The van der Waals surface area contributed by atoms with Gasteiger partial charge in [-0.05, 0) is 29.3 Å². The van der Waals surface area contributed by atoms with Gasteiger partial charge in [-0.3, -0.25) is 10.1 Å². The van der Waals surface area contributed by atoms with Crippen LogP contribution in [0.5, 0.6) is 0 Å². The number of nitro groups is 1. The average Bonchev–Trinajstić information content (AvgIpc) is 2.55. The SMILES string of the molecule is Nc1cc(F)ccc1-c1ccccc1-c1cccc([N+](=O)[O-])c1F. The van der Waals surface area contributed by atoms with Gasteiger partial charge in [0.15, 0.2) is 0 Å².